The van der Waals surface area contributed by atoms with E-state index in [9.17, 15) is 0 Å². The predicted molar refractivity (Wildman–Crippen MR) is 148 cm³/mol. The van der Waals surface area contributed by atoms with Crippen LogP contribution in [0.5, 0.6) is 0 Å². The van der Waals surface area contributed by atoms with Crippen molar-refractivity contribution in [1.82, 2.24) is 0 Å². The molecule has 0 aliphatic carbocycles. The van der Waals surface area contributed by atoms with Gasteiger partial charge in [0.25, 0.3) is 0 Å². The molecular formula is C32H21BrS. The van der Waals surface area contributed by atoms with E-state index in [2.05, 4.69) is 143 Å². The fraction of sp³-hybridized carbons (Fsp3) is 0. The molecule has 1 aliphatic rings. The molecule has 0 aromatic heterocycles. The standard InChI is InChI=1S/C32H21BrS/c33-27-17-9-21-31-32(27)26-16-5-6-18-30(26)34(31,28-19-7-12-22-10-1-3-14-24(22)28)29-20-8-13-23-11-2-4-15-25(23)29/h1-21H. The van der Waals surface area contributed by atoms with Crippen molar-refractivity contribution in [2.24, 2.45) is 0 Å². The Morgan fingerprint density at radius 3 is 1.56 bits per heavy atom. The van der Waals surface area contributed by atoms with Crippen molar-refractivity contribution in [2.45, 2.75) is 19.6 Å². The summed E-state index contributed by atoms with van der Waals surface area (Å²) >= 11 is 3.93. The van der Waals surface area contributed by atoms with Crippen LogP contribution in [0.15, 0.2) is 151 Å². The van der Waals surface area contributed by atoms with Gasteiger partial charge in [0.15, 0.2) is 0 Å². The Hall–Kier alpha value is -3.33. The normalized spacial score (nSPS) is 14.6. The maximum absolute atomic E-state index is 3.93. The molecule has 0 N–H and O–H groups in total. The summed E-state index contributed by atoms with van der Waals surface area (Å²) in [7, 11) is -1.74. The number of benzene rings is 6. The van der Waals surface area contributed by atoms with E-state index in [-0.39, 0.29) is 0 Å². The van der Waals surface area contributed by atoms with Gasteiger partial charge >= 0.3 is 0 Å². The van der Waals surface area contributed by atoms with Gasteiger partial charge in [-0.25, -0.2) is 0 Å². The highest BCUT2D eigenvalue weighted by Crippen LogP contribution is 2.81. The van der Waals surface area contributed by atoms with E-state index in [0.717, 1.165) is 4.47 Å². The van der Waals surface area contributed by atoms with Crippen molar-refractivity contribution >= 4 is 47.5 Å². The van der Waals surface area contributed by atoms with Gasteiger partial charge in [-0.3, -0.25) is 0 Å². The third-order valence-electron chi connectivity index (χ3n) is 6.95. The van der Waals surface area contributed by atoms with Crippen molar-refractivity contribution in [3.63, 3.8) is 0 Å². The molecule has 1 aliphatic heterocycles. The molecular weight excluding hydrogens is 496 g/mol. The second kappa shape index (κ2) is 7.59. The van der Waals surface area contributed by atoms with Crippen LogP contribution in [-0.2, 0) is 0 Å². The number of hydrogen-bond donors (Lipinski definition) is 0. The van der Waals surface area contributed by atoms with Crippen LogP contribution in [-0.4, -0.2) is 0 Å². The van der Waals surface area contributed by atoms with Crippen molar-refractivity contribution in [1.29, 1.82) is 0 Å². The van der Waals surface area contributed by atoms with Gasteiger partial charge in [-0.2, -0.15) is 0 Å². The van der Waals surface area contributed by atoms with Crippen LogP contribution in [0, 0.1) is 0 Å². The Labute approximate surface area is 209 Å². The fourth-order valence-electron chi connectivity index (χ4n) is 5.60. The second-order valence-corrected chi connectivity index (χ2v) is 12.5. The Balaban J connectivity index is 1.77. The Morgan fingerprint density at radius 2 is 0.882 bits per heavy atom. The molecule has 0 nitrogen and oxygen atoms in total. The molecule has 6 aromatic carbocycles. The van der Waals surface area contributed by atoms with Gasteiger partial charge in [-0.05, 0) is 57.4 Å². The molecule has 7 rings (SSSR count). The van der Waals surface area contributed by atoms with Gasteiger partial charge in [0.2, 0.25) is 0 Å². The van der Waals surface area contributed by atoms with Crippen molar-refractivity contribution in [2.75, 3.05) is 0 Å². The first-order chi connectivity index (χ1) is 16.8. The first kappa shape index (κ1) is 20.1. The highest BCUT2D eigenvalue weighted by molar-refractivity contribution is 9.10. The minimum Gasteiger partial charge on any atom is -0.130 e. The van der Waals surface area contributed by atoms with Crippen LogP contribution in [0.25, 0.3) is 32.7 Å². The molecule has 0 spiro atoms. The van der Waals surface area contributed by atoms with Gasteiger partial charge < -0.3 is 0 Å². The maximum atomic E-state index is 3.93. The van der Waals surface area contributed by atoms with E-state index in [0.29, 0.717) is 0 Å². The lowest BCUT2D eigenvalue weighted by Crippen LogP contribution is -2.03. The molecule has 162 valence electrons. The van der Waals surface area contributed by atoms with Crippen LogP contribution < -0.4 is 0 Å². The molecule has 0 unspecified atom stereocenters. The molecule has 0 radical (unpaired) electrons. The van der Waals surface area contributed by atoms with E-state index in [4.69, 9.17) is 0 Å². The third-order valence-corrected chi connectivity index (χ3v) is 11.7. The number of fused-ring (bicyclic) bond motifs is 5. The topological polar surface area (TPSA) is 0 Å². The van der Waals surface area contributed by atoms with Crippen LogP contribution in [0.3, 0.4) is 0 Å². The summed E-state index contributed by atoms with van der Waals surface area (Å²) in [4.78, 5) is 5.65. The second-order valence-electron chi connectivity index (χ2n) is 8.68. The van der Waals surface area contributed by atoms with Gasteiger partial charge in [-0.1, -0.05) is 113 Å². The lowest BCUT2D eigenvalue weighted by atomic mass is 10.1. The summed E-state index contributed by atoms with van der Waals surface area (Å²) in [5.74, 6) is 0. The van der Waals surface area contributed by atoms with Crippen molar-refractivity contribution < 1.29 is 0 Å². The van der Waals surface area contributed by atoms with Gasteiger partial charge in [0.1, 0.15) is 0 Å². The molecule has 34 heavy (non-hydrogen) atoms. The number of halogens is 1. The summed E-state index contributed by atoms with van der Waals surface area (Å²) in [5.41, 5.74) is 2.66. The molecule has 0 saturated carbocycles. The minimum atomic E-state index is -1.74. The predicted octanol–water partition coefficient (Wildman–Crippen LogP) is 10.1. The first-order valence-corrected chi connectivity index (χ1v) is 13.9. The Kier molecular flexibility index (Phi) is 4.48. The third kappa shape index (κ3) is 2.61. The molecule has 0 saturated heterocycles. The molecule has 0 fully saturated rings. The first-order valence-electron chi connectivity index (χ1n) is 11.5. The molecule has 6 aromatic rings. The molecule has 0 atom stereocenters. The van der Waals surface area contributed by atoms with Gasteiger partial charge in [-0.15, -0.1) is 10.0 Å². The van der Waals surface area contributed by atoms with E-state index in [1.807, 2.05) is 0 Å². The SMILES string of the molecule is Brc1cccc2c1-c1ccccc1S2(c1cccc2ccccc12)c1cccc2ccccc12. The van der Waals surface area contributed by atoms with Crippen molar-refractivity contribution in [3.8, 4) is 11.1 Å². The lowest BCUT2D eigenvalue weighted by molar-refractivity contribution is 1.34. The van der Waals surface area contributed by atoms with E-state index >= 15 is 0 Å². The minimum absolute atomic E-state index is 1.16. The average Bonchev–Trinajstić information content (AvgIpc) is 3.20. The molecule has 1 heterocycles. The van der Waals surface area contributed by atoms with E-state index in [1.165, 1.54) is 52.3 Å². The quantitative estimate of drug-likeness (QED) is 0.214. The van der Waals surface area contributed by atoms with Gasteiger partial charge in [0.05, 0.1) is 0 Å². The number of hydrogen-bond acceptors (Lipinski definition) is 0. The summed E-state index contributed by atoms with van der Waals surface area (Å²) in [6, 6.07) is 47.1. The van der Waals surface area contributed by atoms with E-state index in [1.54, 1.807) is 0 Å². The highest BCUT2D eigenvalue weighted by Gasteiger charge is 2.44. The number of rotatable bonds is 2. The van der Waals surface area contributed by atoms with Crippen LogP contribution in [0.4, 0.5) is 0 Å². The molecule has 0 amide bonds. The maximum Gasteiger partial charge on any atom is 0.0265 e. The highest BCUT2D eigenvalue weighted by atomic mass is 79.9. The van der Waals surface area contributed by atoms with Crippen molar-refractivity contribution in [3.05, 3.63) is 132 Å². The Morgan fingerprint density at radius 1 is 0.412 bits per heavy atom. The summed E-state index contributed by atoms with van der Waals surface area (Å²) in [5, 5.41) is 5.23. The summed E-state index contributed by atoms with van der Waals surface area (Å²) < 4.78 is 1.16. The van der Waals surface area contributed by atoms with Crippen LogP contribution >= 0.6 is 26.0 Å². The zero-order chi connectivity index (χ0) is 22.7. The molecule has 2 heteroatoms. The monoisotopic (exact) mass is 516 g/mol. The van der Waals surface area contributed by atoms with Crippen LogP contribution in [0.2, 0.25) is 0 Å². The summed E-state index contributed by atoms with van der Waals surface area (Å²) in [6.07, 6.45) is 0. The molecule has 0 bridgehead atoms. The van der Waals surface area contributed by atoms with Gasteiger partial charge in [0, 0.05) is 29.6 Å². The summed E-state index contributed by atoms with van der Waals surface area (Å²) in [6.45, 7) is 0. The van der Waals surface area contributed by atoms with E-state index < -0.39 is 10.0 Å². The van der Waals surface area contributed by atoms with Crippen LogP contribution in [0.1, 0.15) is 0 Å². The lowest BCUT2D eigenvalue weighted by Gasteiger charge is -2.40. The average molecular weight is 517 g/mol. The Bertz CT molecular complexity index is 1640. The fourth-order valence-corrected chi connectivity index (χ4v) is 10.9. The zero-order valence-corrected chi connectivity index (χ0v) is 20.8. The largest absolute Gasteiger partial charge is 0.130 e. The zero-order valence-electron chi connectivity index (χ0n) is 18.4. The smallest absolute Gasteiger partial charge is 0.0265 e.